The number of hydrogen-bond donors (Lipinski definition) is 0. The van der Waals surface area contributed by atoms with Crippen LogP contribution in [0.1, 0.15) is 84.6 Å². The SMILES string of the molecule is CCCCCCCCCC(=O)ON=Cc1cc(OC)c2c(c1OC)C(=O)C=CC2=O. The molecular weight excluding hydrogens is 386 g/mol. The fourth-order valence-corrected chi connectivity index (χ4v) is 3.35. The molecule has 0 aromatic heterocycles. The number of hydrogen-bond acceptors (Lipinski definition) is 7. The Hall–Kier alpha value is -2.96. The number of unbranched alkanes of at least 4 members (excludes halogenated alkanes) is 6. The van der Waals surface area contributed by atoms with E-state index < -0.39 is 5.97 Å². The van der Waals surface area contributed by atoms with E-state index in [1.807, 2.05) is 0 Å². The molecule has 162 valence electrons. The molecule has 0 fully saturated rings. The van der Waals surface area contributed by atoms with Gasteiger partial charge in [0.2, 0.25) is 0 Å². The largest absolute Gasteiger partial charge is 0.496 e. The number of oxime groups is 1. The van der Waals surface area contributed by atoms with Crippen LogP contribution >= 0.6 is 0 Å². The highest BCUT2D eigenvalue weighted by atomic mass is 16.7. The first kappa shape index (κ1) is 23.3. The third kappa shape index (κ3) is 6.02. The van der Waals surface area contributed by atoms with Gasteiger partial charge in [-0.3, -0.25) is 9.59 Å². The monoisotopic (exact) mass is 415 g/mol. The topological polar surface area (TPSA) is 91.3 Å². The smallest absolute Gasteiger partial charge is 0.335 e. The van der Waals surface area contributed by atoms with E-state index in [9.17, 15) is 14.4 Å². The van der Waals surface area contributed by atoms with Gasteiger partial charge in [0.1, 0.15) is 11.5 Å². The molecule has 1 aliphatic carbocycles. The molecule has 0 unspecified atom stereocenters. The maximum absolute atomic E-state index is 12.3. The molecule has 0 atom stereocenters. The summed E-state index contributed by atoms with van der Waals surface area (Å²) in [5, 5.41) is 3.73. The van der Waals surface area contributed by atoms with Crippen LogP contribution in [0.25, 0.3) is 0 Å². The normalized spacial score (nSPS) is 12.9. The van der Waals surface area contributed by atoms with Gasteiger partial charge in [-0.25, -0.2) is 4.79 Å². The van der Waals surface area contributed by atoms with Crippen LogP contribution < -0.4 is 9.47 Å². The minimum Gasteiger partial charge on any atom is -0.496 e. The third-order valence-corrected chi connectivity index (χ3v) is 4.91. The molecule has 2 rings (SSSR count). The van der Waals surface area contributed by atoms with Crippen LogP contribution in [-0.2, 0) is 9.63 Å². The lowest BCUT2D eigenvalue weighted by Crippen LogP contribution is -2.16. The van der Waals surface area contributed by atoms with Crippen LogP contribution in [0.3, 0.4) is 0 Å². The zero-order chi connectivity index (χ0) is 21.9. The number of rotatable bonds is 12. The maximum Gasteiger partial charge on any atom is 0.335 e. The predicted molar refractivity (Wildman–Crippen MR) is 114 cm³/mol. The number of carbonyl (C=O) groups excluding carboxylic acids is 3. The number of ketones is 2. The van der Waals surface area contributed by atoms with Crippen molar-refractivity contribution >= 4 is 23.8 Å². The highest BCUT2D eigenvalue weighted by Crippen LogP contribution is 2.36. The number of nitrogens with zero attached hydrogens (tertiary/aromatic N) is 1. The average Bonchev–Trinajstić information content (AvgIpc) is 2.74. The molecule has 1 aliphatic rings. The Morgan fingerprint density at radius 3 is 2.20 bits per heavy atom. The molecule has 0 saturated carbocycles. The summed E-state index contributed by atoms with van der Waals surface area (Å²) in [6.45, 7) is 2.18. The van der Waals surface area contributed by atoms with Gasteiger partial charge >= 0.3 is 5.97 Å². The number of allylic oxidation sites excluding steroid dienone is 2. The molecule has 1 aromatic rings. The van der Waals surface area contributed by atoms with Crippen molar-refractivity contribution < 1.29 is 28.7 Å². The first-order chi connectivity index (χ1) is 14.5. The molecule has 0 radical (unpaired) electrons. The van der Waals surface area contributed by atoms with Gasteiger partial charge in [0.05, 0.1) is 31.6 Å². The predicted octanol–water partition coefficient (Wildman–Crippen LogP) is 4.66. The molecule has 7 nitrogen and oxygen atoms in total. The molecule has 0 bridgehead atoms. The number of methoxy groups -OCH3 is 2. The Bertz CT molecular complexity index is 841. The van der Waals surface area contributed by atoms with Crippen molar-refractivity contribution in [3.63, 3.8) is 0 Å². The molecule has 30 heavy (non-hydrogen) atoms. The molecule has 0 spiro atoms. The highest BCUT2D eigenvalue weighted by Gasteiger charge is 2.29. The van der Waals surface area contributed by atoms with Crippen molar-refractivity contribution in [2.45, 2.75) is 58.3 Å². The summed E-state index contributed by atoms with van der Waals surface area (Å²) in [6.07, 6.45) is 11.7. The van der Waals surface area contributed by atoms with Crippen LogP contribution in [0.2, 0.25) is 0 Å². The van der Waals surface area contributed by atoms with Gasteiger partial charge in [-0.05, 0) is 24.6 Å². The summed E-state index contributed by atoms with van der Waals surface area (Å²) in [4.78, 5) is 41.4. The van der Waals surface area contributed by atoms with Crippen LogP contribution in [-0.4, -0.2) is 38.0 Å². The molecule has 0 aliphatic heterocycles. The zero-order valence-electron chi connectivity index (χ0n) is 17.9. The van der Waals surface area contributed by atoms with Crippen molar-refractivity contribution in [3.05, 3.63) is 34.9 Å². The first-order valence-corrected chi connectivity index (χ1v) is 10.3. The van der Waals surface area contributed by atoms with Gasteiger partial charge in [-0.15, -0.1) is 0 Å². The van der Waals surface area contributed by atoms with Crippen LogP contribution in [0.15, 0.2) is 23.4 Å². The van der Waals surface area contributed by atoms with E-state index in [-0.39, 0.29) is 34.2 Å². The lowest BCUT2D eigenvalue weighted by Gasteiger charge is -2.18. The fourth-order valence-electron chi connectivity index (χ4n) is 3.35. The summed E-state index contributed by atoms with van der Waals surface area (Å²) in [6, 6.07) is 1.52. The Kier molecular flexibility index (Phi) is 9.25. The molecule has 0 N–H and O–H groups in total. The maximum atomic E-state index is 12.3. The van der Waals surface area contributed by atoms with Crippen molar-refractivity contribution in [2.75, 3.05) is 14.2 Å². The van der Waals surface area contributed by atoms with Crippen molar-refractivity contribution in [1.82, 2.24) is 0 Å². The van der Waals surface area contributed by atoms with E-state index in [2.05, 4.69) is 12.1 Å². The molecular formula is C23H29NO6. The van der Waals surface area contributed by atoms with Gasteiger partial charge < -0.3 is 14.3 Å². The molecule has 0 saturated heterocycles. The molecule has 0 amide bonds. The summed E-state index contributed by atoms with van der Waals surface area (Å²) in [5.74, 6) is -0.724. The van der Waals surface area contributed by atoms with Gasteiger partial charge in [0, 0.05) is 12.0 Å². The Morgan fingerprint density at radius 2 is 1.57 bits per heavy atom. The standard InChI is InChI=1S/C23H29NO6/c1-4-5-6-7-8-9-10-11-20(27)30-24-15-16-14-19(28-2)21-17(25)12-13-18(26)22(21)23(16)29-3/h12-15H,4-11H2,1-3H3. The van der Waals surface area contributed by atoms with Gasteiger partial charge in [0.25, 0.3) is 0 Å². The number of carbonyl (C=O) groups is 3. The van der Waals surface area contributed by atoms with Crippen LogP contribution in [0.4, 0.5) is 0 Å². The summed E-state index contributed by atoms with van der Waals surface area (Å²) >= 11 is 0. The summed E-state index contributed by atoms with van der Waals surface area (Å²) < 4.78 is 10.6. The van der Waals surface area contributed by atoms with Gasteiger partial charge in [-0.1, -0.05) is 50.6 Å². The van der Waals surface area contributed by atoms with E-state index in [1.165, 1.54) is 64.3 Å². The van der Waals surface area contributed by atoms with E-state index in [0.717, 1.165) is 19.3 Å². The van der Waals surface area contributed by atoms with Gasteiger partial charge in [-0.2, -0.15) is 0 Å². The van der Waals surface area contributed by atoms with E-state index in [4.69, 9.17) is 14.3 Å². The van der Waals surface area contributed by atoms with Crippen molar-refractivity contribution in [2.24, 2.45) is 5.16 Å². The zero-order valence-corrected chi connectivity index (χ0v) is 17.9. The summed E-state index contributed by atoms with van der Waals surface area (Å²) in [5.41, 5.74) is 0.628. The fraction of sp³-hybridized carbons (Fsp3) is 0.478. The highest BCUT2D eigenvalue weighted by molar-refractivity contribution is 6.25. The lowest BCUT2D eigenvalue weighted by atomic mass is 9.91. The first-order valence-electron chi connectivity index (χ1n) is 10.3. The second kappa shape index (κ2) is 11.9. The Balaban J connectivity index is 2.00. The Labute approximate surface area is 177 Å². The second-order valence-corrected chi connectivity index (χ2v) is 7.08. The third-order valence-electron chi connectivity index (χ3n) is 4.91. The Morgan fingerprint density at radius 1 is 0.933 bits per heavy atom. The van der Waals surface area contributed by atoms with Crippen molar-refractivity contribution in [1.29, 1.82) is 0 Å². The minimum absolute atomic E-state index is 0.111. The second-order valence-electron chi connectivity index (χ2n) is 7.08. The van der Waals surface area contributed by atoms with E-state index >= 15 is 0 Å². The quantitative estimate of drug-likeness (QED) is 0.213. The van der Waals surface area contributed by atoms with Crippen molar-refractivity contribution in [3.8, 4) is 11.5 Å². The molecule has 0 heterocycles. The van der Waals surface area contributed by atoms with Crippen LogP contribution in [0, 0.1) is 0 Å². The minimum atomic E-state index is -0.419. The number of benzene rings is 1. The number of fused-ring (bicyclic) bond motifs is 1. The average molecular weight is 415 g/mol. The lowest BCUT2D eigenvalue weighted by molar-refractivity contribution is -0.143. The van der Waals surface area contributed by atoms with Crippen LogP contribution in [0.5, 0.6) is 11.5 Å². The van der Waals surface area contributed by atoms with Gasteiger partial charge in [0.15, 0.2) is 11.6 Å². The van der Waals surface area contributed by atoms with E-state index in [1.54, 1.807) is 0 Å². The molecule has 7 heteroatoms. The van der Waals surface area contributed by atoms with E-state index in [0.29, 0.717) is 12.0 Å². The summed E-state index contributed by atoms with van der Waals surface area (Å²) in [7, 11) is 2.80. The number of ether oxygens (including phenoxy) is 2. The molecule has 1 aromatic carbocycles.